The quantitative estimate of drug-likeness (QED) is 0.550. The van der Waals surface area contributed by atoms with Crippen molar-refractivity contribution in [1.29, 1.82) is 0 Å². The van der Waals surface area contributed by atoms with Crippen LogP contribution >= 0.6 is 0 Å². The van der Waals surface area contributed by atoms with Crippen molar-refractivity contribution in [3.63, 3.8) is 0 Å². The van der Waals surface area contributed by atoms with Gasteiger partial charge >= 0.3 is 0 Å². The minimum Gasteiger partial charge on any atom is -0.545 e. The maximum Gasteiger partial charge on any atom is 0.269 e. The predicted molar refractivity (Wildman–Crippen MR) is 106 cm³/mol. The van der Waals surface area contributed by atoms with E-state index in [0.29, 0.717) is 0 Å². The number of carboxylic acid groups (broad SMARTS) is 1. The number of nitrogens with one attached hydrogen (secondary N) is 1. The molecule has 0 unspecified atom stereocenters. The van der Waals surface area contributed by atoms with E-state index in [2.05, 4.69) is 17.4 Å². The Bertz CT molecular complexity index is 1140. The zero-order chi connectivity index (χ0) is 20.1. The molecule has 1 aliphatic heterocycles. The largest absolute Gasteiger partial charge is 0.545 e. The van der Waals surface area contributed by atoms with Crippen LogP contribution in [0.25, 0.3) is 0 Å². The van der Waals surface area contributed by atoms with Gasteiger partial charge in [0.1, 0.15) is 0 Å². The number of benzene rings is 3. The summed E-state index contributed by atoms with van der Waals surface area (Å²) >= 11 is 0. The van der Waals surface area contributed by atoms with Crippen LogP contribution in [0.15, 0.2) is 66.7 Å². The topological polar surface area (TPSA) is 95.3 Å². The van der Waals surface area contributed by atoms with Crippen molar-refractivity contribution >= 4 is 17.3 Å². The second kappa shape index (κ2) is 6.44. The molecule has 0 amide bonds. The maximum absolute atomic E-state index is 11.3. The summed E-state index contributed by atoms with van der Waals surface area (Å²) in [7, 11) is 0. The lowest BCUT2D eigenvalue weighted by Gasteiger charge is -2.38. The predicted octanol–water partition coefficient (Wildman–Crippen LogP) is 3.43. The van der Waals surface area contributed by atoms with Crippen molar-refractivity contribution in [2.75, 3.05) is 5.32 Å². The summed E-state index contributed by atoms with van der Waals surface area (Å²) in [6, 6.07) is 19.9. The third-order valence-corrected chi connectivity index (χ3v) is 6.10. The van der Waals surface area contributed by atoms with Crippen LogP contribution in [0.4, 0.5) is 11.4 Å². The number of hydrogen-bond acceptors (Lipinski definition) is 5. The molecule has 0 spiro atoms. The van der Waals surface area contributed by atoms with Crippen molar-refractivity contribution in [3.8, 4) is 0 Å². The zero-order valence-corrected chi connectivity index (χ0v) is 15.4. The van der Waals surface area contributed by atoms with Gasteiger partial charge in [-0.25, -0.2) is 0 Å². The number of nitrogens with zero attached hydrogens (tertiary/aromatic N) is 1. The second-order valence-electron chi connectivity index (χ2n) is 7.60. The van der Waals surface area contributed by atoms with Crippen LogP contribution < -0.4 is 10.4 Å². The third-order valence-electron chi connectivity index (χ3n) is 6.10. The Hall–Kier alpha value is -3.67. The lowest BCUT2D eigenvalue weighted by molar-refractivity contribution is -0.384. The van der Waals surface area contributed by atoms with Crippen LogP contribution in [-0.2, 0) is 6.42 Å². The number of non-ortho nitro benzene ring substituents is 1. The molecule has 5 rings (SSSR count). The molecule has 0 fully saturated rings. The minimum atomic E-state index is -1.20. The van der Waals surface area contributed by atoms with E-state index in [-0.39, 0.29) is 34.1 Å². The molecule has 1 heterocycles. The van der Waals surface area contributed by atoms with Crippen LogP contribution in [0.3, 0.4) is 0 Å². The molecule has 6 heteroatoms. The number of anilines is 1. The molecule has 2 aliphatic rings. The van der Waals surface area contributed by atoms with E-state index >= 15 is 0 Å². The smallest absolute Gasteiger partial charge is 0.269 e. The normalized spacial score (nSPS) is 21.4. The zero-order valence-electron chi connectivity index (χ0n) is 15.4. The fourth-order valence-corrected chi connectivity index (χ4v) is 4.82. The number of aromatic carboxylic acids is 1. The van der Waals surface area contributed by atoms with Gasteiger partial charge in [-0.05, 0) is 46.2 Å². The molecule has 1 aliphatic carbocycles. The molecule has 3 aromatic carbocycles. The highest BCUT2D eigenvalue weighted by molar-refractivity contribution is 5.85. The Morgan fingerprint density at radius 3 is 2.48 bits per heavy atom. The number of carboxylic acids is 1. The molecular formula is C23H17N2O4-. The van der Waals surface area contributed by atoms with E-state index in [4.69, 9.17) is 0 Å². The summed E-state index contributed by atoms with van der Waals surface area (Å²) in [5, 5.41) is 26.0. The number of nitro benzene ring substituents is 1. The molecule has 1 N–H and O–H groups in total. The standard InChI is InChI=1S/C23H18N2O4/c26-23(27)14-7-5-13(6-8-14)22-19-11-15-3-1-2-4-17(15)21(19)18-12-16(25(28)29)9-10-20(18)24-22/h1-10,12,19,21-22,24H,11H2,(H,26,27)/p-1/t19-,21-,22-/m1/s1. The Morgan fingerprint density at radius 2 is 1.76 bits per heavy atom. The van der Waals surface area contributed by atoms with Gasteiger partial charge in [0.25, 0.3) is 5.69 Å². The van der Waals surface area contributed by atoms with E-state index in [1.165, 1.54) is 17.2 Å². The van der Waals surface area contributed by atoms with Crippen molar-refractivity contribution in [3.05, 3.63) is 105 Å². The molecule has 0 bridgehead atoms. The van der Waals surface area contributed by atoms with Gasteiger partial charge in [-0.3, -0.25) is 10.1 Å². The molecule has 0 saturated heterocycles. The summed E-state index contributed by atoms with van der Waals surface area (Å²) in [5.41, 5.74) is 5.50. The molecule has 6 nitrogen and oxygen atoms in total. The van der Waals surface area contributed by atoms with Crippen molar-refractivity contribution in [2.24, 2.45) is 5.92 Å². The van der Waals surface area contributed by atoms with Crippen LogP contribution in [0.1, 0.15) is 44.6 Å². The van der Waals surface area contributed by atoms with Gasteiger partial charge in [0.05, 0.1) is 16.9 Å². The van der Waals surface area contributed by atoms with Crippen LogP contribution in [-0.4, -0.2) is 10.9 Å². The summed E-state index contributed by atoms with van der Waals surface area (Å²) in [6.07, 6.45) is 0.850. The first-order valence-electron chi connectivity index (χ1n) is 9.47. The highest BCUT2D eigenvalue weighted by Gasteiger charge is 2.43. The van der Waals surface area contributed by atoms with Crippen LogP contribution in [0, 0.1) is 16.0 Å². The van der Waals surface area contributed by atoms with E-state index in [1.807, 2.05) is 24.3 Å². The van der Waals surface area contributed by atoms with E-state index in [9.17, 15) is 20.0 Å². The highest BCUT2D eigenvalue weighted by Crippen LogP contribution is 2.54. The molecule has 144 valence electrons. The number of fused-ring (bicyclic) bond motifs is 5. The Morgan fingerprint density at radius 1 is 1.00 bits per heavy atom. The summed E-state index contributed by atoms with van der Waals surface area (Å²) in [5.74, 6) is -0.971. The molecule has 3 atom stereocenters. The van der Waals surface area contributed by atoms with E-state index < -0.39 is 5.97 Å². The first-order valence-corrected chi connectivity index (χ1v) is 9.47. The Kier molecular flexibility index (Phi) is 3.87. The summed E-state index contributed by atoms with van der Waals surface area (Å²) in [6.45, 7) is 0. The van der Waals surface area contributed by atoms with Gasteiger partial charge < -0.3 is 15.2 Å². The Balaban J connectivity index is 1.64. The highest BCUT2D eigenvalue weighted by atomic mass is 16.6. The van der Waals surface area contributed by atoms with Crippen LogP contribution in [0.2, 0.25) is 0 Å². The number of nitro groups is 1. The fourth-order valence-electron chi connectivity index (χ4n) is 4.82. The number of carbonyl (C=O) groups excluding carboxylic acids is 1. The van der Waals surface area contributed by atoms with Crippen molar-refractivity contribution in [2.45, 2.75) is 18.4 Å². The number of carbonyl (C=O) groups is 1. The lowest BCUT2D eigenvalue weighted by atomic mass is 9.75. The van der Waals surface area contributed by atoms with Crippen molar-refractivity contribution < 1.29 is 14.8 Å². The van der Waals surface area contributed by atoms with Crippen molar-refractivity contribution in [1.82, 2.24) is 0 Å². The van der Waals surface area contributed by atoms with Gasteiger partial charge in [-0.1, -0.05) is 48.5 Å². The average Bonchev–Trinajstić information content (AvgIpc) is 3.12. The van der Waals surface area contributed by atoms with Gasteiger partial charge in [0.2, 0.25) is 0 Å². The van der Waals surface area contributed by atoms with Gasteiger partial charge in [-0.2, -0.15) is 0 Å². The van der Waals surface area contributed by atoms with Gasteiger partial charge in [0.15, 0.2) is 0 Å². The first kappa shape index (κ1) is 17.4. The fraction of sp³-hybridized carbons (Fsp3) is 0.174. The minimum absolute atomic E-state index is 0.0304. The molecular weight excluding hydrogens is 368 g/mol. The van der Waals surface area contributed by atoms with Gasteiger partial charge in [0, 0.05) is 23.7 Å². The summed E-state index contributed by atoms with van der Waals surface area (Å²) in [4.78, 5) is 22.1. The van der Waals surface area contributed by atoms with E-state index in [1.54, 1.807) is 24.3 Å². The molecule has 0 radical (unpaired) electrons. The summed E-state index contributed by atoms with van der Waals surface area (Å²) < 4.78 is 0. The second-order valence-corrected chi connectivity index (χ2v) is 7.60. The Labute approximate surface area is 167 Å². The first-order chi connectivity index (χ1) is 14.0. The molecule has 0 aromatic heterocycles. The van der Waals surface area contributed by atoms with E-state index in [0.717, 1.165) is 23.2 Å². The number of hydrogen-bond donors (Lipinski definition) is 1. The molecule has 0 saturated carbocycles. The van der Waals surface area contributed by atoms with Crippen LogP contribution in [0.5, 0.6) is 0 Å². The molecule has 3 aromatic rings. The molecule has 29 heavy (non-hydrogen) atoms. The third kappa shape index (κ3) is 2.76. The SMILES string of the molecule is O=C([O-])c1ccc([C@H]2Nc3ccc([N+](=O)[O-])cc3[C@H]3c4ccccc4C[C@H]32)cc1. The van der Waals surface area contributed by atoms with Gasteiger partial charge in [-0.15, -0.1) is 0 Å². The monoisotopic (exact) mass is 385 g/mol. The number of rotatable bonds is 3. The maximum atomic E-state index is 11.3. The average molecular weight is 385 g/mol. The lowest BCUT2D eigenvalue weighted by Crippen LogP contribution is -2.30.